The zero-order valence-corrected chi connectivity index (χ0v) is 8.57. The second kappa shape index (κ2) is 4.18. The summed E-state index contributed by atoms with van der Waals surface area (Å²) >= 11 is 0. The molecule has 0 unspecified atom stereocenters. The highest BCUT2D eigenvalue weighted by Gasteiger charge is 2.17. The Morgan fingerprint density at radius 1 is 1.25 bits per heavy atom. The molecule has 1 aromatic carbocycles. The Kier molecular flexibility index (Phi) is 2.72. The van der Waals surface area contributed by atoms with E-state index in [2.05, 4.69) is 4.74 Å². The van der Waals surface area contributed by atoms with Crippen LogP contribution < -0.4 is 0 Å². The fourth-order valence-corrected chi connectivity index (χ4v) is 1.45. The summed E-state index contributed by atoms with van der Waals surface area (Å²) < 4.78 is 23.0. The van der Waals surface area contributed by atoms with Gasteiger partial charge in [-0.05, 0) is 6.07 Å². The molecule has 0 spiro atoms. The molecule has 0 saturated heterocycles. The van der Waals surface area contributed by atoms with E-state index in [1.165, 1.54) is 25.7 Å². The van der Waals surface area contributed by atoms with Gasteiger partial charge < -0.3 is 9.15 Å². The van der Waals surface area contributed by atoms with Crippen molar-refractivity contribution in [1.29, 1.82) is 0 Å². The van der Waals surface area contributed by atoms with Crippen molar-refractivity contribution in [3.8, 4) is 11.1 Å². The van der Waals surface area contributed by atoms with Crippen LogP contribution in [0.2, 0.25) is 0 Å². The number of ether oxygens (including phenoxy) is 1. The van der Waals surface area contributed by atoms with Gasteiger partial charge in [0, 0.05) is 11.1 Å². The van der Waals surface area contributed by atoms with E-state index in [4.69, 9.17) is 4.42 Å². The smallest absolute Gasteiger partial charge is 0.341 e. The average molecular weight is 220 g/mol. The predicted octanol–water partition coefficient (Wildman–Crippen LogP) is 2.87. The van der Waals surface area contributed by atoms with E-state index >= 15 is 0 Å². The topological polar surface area (TPSA) is 39.4 Å². The first-order chi connectivity index (χ1) is 7.74. The molecule has 0 amide bonds. The Labute approximate surface area is 91.5 Å². The number of methoxy groups -OCH3 is 1. The fraction of sp³-hybridized carbons (Fsp3) is 0.0833. The number of benzene rings is 1. The van der Waals surface area contributed by atoms with Crippen molar-refractivity contribution in [2.75, 3.05) is 7.11 Å². The van der Waals surface area contributed by atoms with E-state index in [9.17, 15) is 9.18 Å². The normalized spacial score (nSPS) is 10.1. The van der Waals surface area contributed by atoms with Crippen LogP contribution in [0.25, 0.3) is 11.1 Å². The summed E-state index contributed by atoms with van der Waals surface area (Å²) in [6.45, 7) is 0. The molecule has 2 aromatic rings. The fourth-order valence-electron chi connectivity index (χ4n) is 1.45. The van der Waals surface area contributed by atoms with Gasteiger partial charge in [0.05, 0.1) is 13.4 Å². The molecule has 0 aliphatic heterocycles. The van der Waals surface area contributed by atoms with E-state index in [1.807, 2.05) is 0 Å². The van der Waals surface area contributed by atoms with Crippen molar-refractivity contribution in [1.82, 2.24) is 0 Å². The number of hydrogen-bond donors (Lipinski definition) is 0. The van der Waals surface area contributed by atoms with Crippen molar-refractivity contribution in [3.63, 3.8) is 0 Å². The molecule has 1 heterocycles. The number of rotatable bonds is 2. The highest BCUT2D eigenvalue weighted by atomic mass is 19.1. The summed E-state index contributed by atoms with van der Waals surface area (Å²) in [6, 6.07) is 6.17. The number of furan rings is 1. The lowest BCUT2D eigenvalue weighted by Gasteiger charge is -2.02. The molecule has 0 saturated carbocycles. The van der Waals surface area contributed by atoms with Crippen molar-refractivity contribution in [2.45, 2.75) is 0 Å². The van der Waals surface area contributed by atoms with Crippen LogP contribution >= 0.6 is 0 Å². The number of esters is 1. The first kappa shape index (κ1) is 10.4. The Balaban J connectivity index is 2.53. The van der Waals surface area contributed by atoms with E-state index in [0.717, 1.165) is 0 Å². The highest BCUT2D eigenvalue weighted by Crippen LogP contribution is 2.27. The minimum atomic E-state index is -0.549. The lowest BCUT2D eigenvalue weighted by Crippen LogP contribution is -2.01. The third kappa shape index (κ3) is 1.69. The first-order valence-corrected chi connectivity index (χ1v) is 4.63. The molecule has 1 aromatic heterocycles. The maximum absolute atomic E-state index is 13.5. The number of carbonyl (C=O) groups is 1. The van der Waals surface area contributed by atoms with Crippen molar-refractivity contribution >= 4 is 5.97 Å². The van der Waals surface area contributed by atoms with E-state index < -0.39 is 11.8 Å². The molecule has 0 atom stereocenters. The predicted molar refractivity (Wildman–Crippen MR) is 55.4 cm³/mol. The van der Waals surface area contributed by atoms with Crippen molar-refractivity contribution < 1.29 is 18.3 Å². The Morgan fingerprint density at radius 2 is 2.00 bits per heavy atom. The van der Waals surface area contributed by atoms with E-state index in [1.54, 1.807) is 18.2 Å². The maximum Gasteiger partial charge on any atom is 0.341 e. The number of halogens is 1. The zero-order chi connectivity index (χ0) is 11.5. The summed E-state index contributed by atoms with van der Waals surface area (Å²) in [6.07, 6.45) is 2.57. The minimum Gasteiger partial charge on any atom is -0.471 e. The van der Waals surface area contributed by atoms with Crippen LogP contribution in [0.1, 0.15) is 10.4 Å². The van der Waals surface area contributed by atoms with Gasteiger partial charge in [0.2, 0.25) is 0 Å². The quantitative estimate of drug-likeness (QED) is 0.730. The lowest BCUT2D eigenvalue weighted by molar-refractivity contribution is 0.0600. The van der Waals surface area contributed by atoms with Crippen LogP contribution in [-0.4, -0.2) is 13.1 Å². The van der Waals surface area contributed by atoms with Gasteiger partial charge in [0.1, 0.15) is 17.6 Å². The molecule has 16 heavy (non-hydrogen) atoms. The molecule has 0 aliphatic rings. The molecule has 2 rings (SSSR count). The molecule has 3 nitrogen and oxygen atoms in total. The standard InChI is InChI=1S/C12H9FO3/c1-15-12(14)10-7-16-6-9(10)8-4-2-3-5-11(8)13/h2-7H,1H3. The van der Waals surface area contributed by atoms with Gasteiger partial charge in [0.25, 0.3) is 0 Å². The lowest BCUT2D eigenvalue weighted by atomic mass is 10.0. The minimum absolute atomic E-state index is 0.215. The largest absolute Gasteiger partial charge is 0.471 e. The molecule has 0 bridgehead atoms. The van der Waals surface area contributed by atoms with E-state index in [0.29, 0.717) is 11.1 Å². The van der Waals surface area contributed by atoms with Crippen molar-refractivity contribution in [2.24, 2.45) is 0 Å². The maximum atomic E-state index is 13.5. The van der Waals surface area contributed by atoms with Gasteiger partial charge in [-0.25, -0.2) is 9.18 Å². The Morgan fingerprint density at radius 3 is 2.69 bits per heavy atom. The second-order valence-corrected chi connectivity index (χ2v) is 3.17. The monoisotopic (exact) mass is 220 g/mol. The summed E-state index contributed by atoms with van der Waals surface area (Å²) in [5, 5.41) is 0. The second-order valence-electron chi connectivity index (χ2n) is 3.17. The molecule has 0 fully saturated rings. The molecule has 0 aliphatic carbocycles. The summed E-state index contributed by atoms with van der Waals surface area (Å²) in [5.74, 6) is -0.957. The molecular formula is C12H9FO3. The molecule has 82 valence electrons. The van der Waals surface area contributed by atoms with Gasteiger partial charge in [-0.15, -0.1) is 0 Å². The molecule has 0 N–H and O–H groups in total. The van der Waals surface area contributed by atoms with Crippen LogP contribution in [0.15, 0.2) is 41.2 Å². The summed E-state index contributed by atoms with van der Waals surface area (Å²) in [7, 11) is 1.26. The van der Waals surface area contributed by atoms with Gasteiger partial charge in [-0.2, -0.15) is 0 Å². The molecular weight excluding hydrogens is 211 g/mol. The Bertz CT molecular complexity index is 516. The van der Waals surface area contributed by atoms with Crippen LogP contribution in [0, 0.1) is 5.82 Å². The van der Waals surface area contributed by atoms with Crippen LogP contribution in [0.4, 0.5) is 4.39 Å². The molecule has 0 radical (unpaired) electrons. The first-order valence-electron chi connectivity index (χ1n) is 4.63. The summed E-state index contributed by atoms with van der Waals surface area (Å²) in [4.78, 5) is 11.4. The van der Waals surface area contributed by atoms with Gasteiger partial charge in [0.15, 0.2) is 0 Å². The van der Waals surface area contributed by atoms with Crippen molar-refractivity contribution in [3.05, 3.63) is 48.2 Å². The Hall–Kier alpha value is -2.10. The third-order valence-electron chi connectivity index (χ3n) is 2.23. The number of hydrogen-bond acceptors (Lipinski definition) is 3. The highest BCUT2D eigenvalue weighted by molar-refractivity contribution is 5.96. The van der Waals surface area contributed by atoms with Gasteiger partial charge >= 0.3 is 5.97 Å². The zero-order valence-electron chi connectivity index (χ0n) is 8.57. The van der Waals surface area contributed by atoms with Crippen LogP contribution in [0.3, 0.4) is 0 Å². The van der Waals surface area contributed by atoms with Crippen LogP contribution in [0.5, 0.6) is 0 Å². The molecule has 4 heteroatoms. The van der Waals surface area contributed by atoms with Crippen LogP contribution in [-0.2, 0) is 4.74 Å². The summed E-state index contributed by atoms with van der Waals surface area (Å²) in [5.41, 5.74) is 0.925. The SMILES string of the molecule is COC(=O)c1cocc1-c1ccccc1F. The average Bonchev–Trinajstić information content (AvgIpc) is 2.77. The van der Waals surface area contributed by atoms with Gasteiger partial charge in [-0.1, -0.05) is 18.2 Å². The third-order valence-corrected chi connectivity index (χ3v) is 2.23. The van der Waals surface area contributed by atoms with E-state index in [-0.39, 0.29) is 5.56 Å². The number of carbonyl (C=O) groups excluding carboxylic acids is 1. The van der Waals surface area contributed by atoms with Gasteiger partial charge in [-0.3, -0.25) is 0 Å².